The minimum absolute atomic E-state index is 0.916. The average molecular weight is 395 g/mol. The molecule has 0 fully saturated rings. The van der Waals surface area contributed by atoms with Crippen LogP contribution in [0, 0.1) is 26.2 Å². The second-order valence-corrected chi connectivity index (χ2v) is 8.65. The second kappa shape index (κ2) is 8.04. The van der Waals surface area contributed by atoms with E-state index in [0.717, 1.165) is 23.9 Å². The summed E-state index contributed by atoms with van der Waals surface area (Å²) in [4.78, 5) is 2.21. The SMILES string of the molecule is Cc1ccc(-c2cc3ccccc3c(C=N)c2C2=CC(CN(C)C)=CC2)c(C)c1C. The molecule has 1 aliphatic carbocycles. The molecule has 0 unspecified atom stereocenters. The van der Waals surface area contributed by atoms with Crippen LogP contribution < -0.4 is 0 Å². The highest BCUT2D eigenvalue weighted by Crippen LogP contribution is 2.41. The third-order valence-corrected chi connectivity index (χ3v) is 6.35. The standard InChI is InChI=1S/C28H30N2/c1-18-10-13-24(20(3)19(18)2)26-15-22-8-6-7-9-25(22)27(16-29)28(26)23-12-11-21(14-23)17-30(4)5/h6-11,13-16,29H,12,17H2,1-5H3. The highest BCUT2D eigenvalue weighted by molar-refractivity contribution is 6.08. The fourth-order valence-corrected chi connectivity index (χ4v) is 4.56. The third kappa shape index (κ3) is 3.53. The summed E-state index contributed by atoms with van der Waals surface area (Å²) in [7, 11) is 4.21. The monoisotopic (exact) mass is 394 g/mol. The van der Waals surface area contributed by atoms with Gasteiger partial charge in [-0.25, -0.2) is 0 Å². The van der Waals surface area contributed by atoms with E-state index < -0.39 is 0 Å². The highest BCUT2D eigenvalue weighted by Gasteiger charge is 2.21. The van der Waals surface area contributed by atoms with Gasteiger partial charge >= 0.3 is 0 Å². The molecular formula is C28H30N2. The van der Waals surface area contributed by atoms with Gasteiger partial charge in [0.05, 0.1) is 0 Å². The molecule has 152 valence electrons. The summed E-state index contributed by atoms with van der Waals surface area (Å²) in [6, 6.07) is 15.2. The zero-order chi connectivity index (χ0) is 21.4. The van der Waals surface area contributed by atoms with E-state index in [-0.39, 0.29) is 0 Å². The molecule has 1 N–H and O–H groups in total. The van der Waals surface area contributed by atoms with Crippen LogP contribution in [-0.4, -0.2) is 31.8 Å². The van der Waals surface area contributed by atoms with Crippen molar-refractivity contribution in [2.45, 2.75) is 27.2 Å². The van der Waals surface area contributed by atoms with Gasteiger partial charge in [-0.3, -0.25) is 0 Å². The molecule has 0 saturated carbocycles. The van der Waals surface area contributed by atoms with Crippen LogP contribution in [0.4, 0.5) is 0 Å². The van der Waals surface area contributed by atoms with E-state index in [9.17, 15) is 0 Å². The first-order valence-corrected chi connectivity index (χ1v) is 10.6. The Balaban J connectivity index is 2.02. The quantitative estimate of drug-likeness (QED) is 0.479. The van der Waals surface area contributed by atoms with Crippen LogP contribution in [0.1, 0.15) is 34.2 Å². The predicted molar refractivity (Wildman–Crippen MR) is 131 cm³/mol. The van der Waals surface area contributed by atoms with Crippen LogP contribution in [0.25, 0.3) is 27.5 Å². The molecule has 3 aromatic rings. The molecule has 0 heterocycles. The average Bonchev–Trinajstić information content (AvgIpc) is 3.18. The number of aryl methyl sites for hydroxylation is 1. The van der Waals surface area contributed by atoms with Crippen molar-refractivity contribution in [3.63, 3.8) is 0 Å². The molecule has 0 radical (unpaired) electrons. The summed E-state index contributed by atoms with van der Waals surface area (Å²) < 4.78 is 0. The van der Waals surface area contributed by atoms with Gasteiger partial charge in [0.25, 0.3) is 0 Å². The fraction of sp³-hybridized carbons (Fsp3) is 0.250. The van der Waals surface area contributed by atoms with E-state index in [4.69, 9.17) is 5.41 Å². The number of hydrogen-bond donors (Lipinski definition) is 1. The topological polar surface area (TPSA) is 27.1 Å². The molecule has 0 saturated heterocycles. The Hall–Kier alpha value is -2.97. The lowest BCUT2D eigenvalue weighted by Gasteiger charge is -2.20. The molecular weight excluding hydrogens is 364 g/mol. The zero-order valence-electron chi connectivity index (χ0n) is 18.6. The van der Waals surface area contributed by atoms with Crippen molar-refractivity contribution in [3.05, 3.63) is 88.0 Å². The van der Waals surface area contributed by atoms with Gasteiger partial charge in [0.1, 0.15) is 0 Å². The number of hydrogen-bond acceptors (Lipinski definition) is 2. The lowest BCUT2D eigenvalue weighted by atomic mass is 9.84. The van der Waals surface area contributed by atoms with E-state index in [1.807, 2.05) is 0 Å². The number of rotatable bonds is 5. The lowest BCUT2D eigenvalue weighted by molar-refractivity contribution is 0.449. The van der Waals surface area contributed by atoms with Crippen molar-refractivity contribution in [2.24, 2.45) is 0 Å². The van der Waals surface area contributed by atoms with Gasteiger partial charge in [-0.05, 0) is 103 Å². The van der Waals surface area contributed by atoms with Crippen molar-refractivity contribution < 1.29 is 0 Å². The minimum Gasteiger partial charge on any atom is -0.308 e. The van der Waals surface area contributed by atoms with Crippen LogP contribution in [0.5, 0.6) is 0 Å². The normalized spacial score (nSPS) is 13.7. The number of nitrogens with zero attached hydrogens (tertiary/aromatic N) is 1. The molecule has 0 atom stereocenters. The first-order valence-electron chi connectivity index (χ1n) is 10.6. The maximum Gasteiger partial charge on any atom is 0.0262 e. The number of allylic oxidation sites excluding steroid dienone is 2. The fourth-order valence-electron chi connectivity index (χ4n) is 4.56. The Morgan fingerprint density at radius 3 is 2.47 bits per heavy atom. The number of fused-ring (bicyclic) bond motifs is 1. The third-order valence-electron chi connectivity index (χ3n) is 6.35. The summed E-state index contributed by atoms with van der Waals surface area (Å²) >= 11 is 0. The van der Waals surface area contributed by atoms with Crippen molar-refractivity contribution in [2.75, 3.05) is 20.6 Å². The molecule has 4 rings (SSSR count). The number of nitrogens with one attached hydrogen (secondary N) is 1. The van der Waals surface area contributed by atoms with E-state index >= 15 is 0 Å². The second-order valence-electron chi connectivity index (χ2n) is 8.65. The Labute approximate surface area is 180 Å². The highest BCUT2D eigenvalue weighted by atomic mass is 15.0. The maximum atomic E-state index is 8.31. The summed E-state index contributed by atoms with van der Waals surface area (Å²) in [6.45, 7) is 7.54. The first kappa shape index (κ1) is 20.3. The van der Waals surface area contributed by atoms with Gasteiger partial charge in [0, 0.05) is 18.3 Å². The Morgan fingerprint density at radius 2 is 1.73 bits per heavy atom. The summed E-state index contributed by atoms with van der Waals surface area (Å²) in [6.07, 6.45) is 7.12. The van der Waals surface area contributed by atoms with E-state index in [2.05, 4.69) is 94.4 Å². The van der Waals surface area contributed by atoms with Gasteiger partial charge < -0.3 is 10.3 Å². The Kier molecular flexibility index (Phi) is 5.44. The molecule has 0 spiro atoms. The van der Waals surface area contributed by atoms with Crippen LogP contribution in [0.2, 0.25) is 0 Å². The van der Waals surface area contributed by atoms with Crippen LogP contribution in [0.15, 0.2) is 60.2 Å². The predicted octanol–water partition coefficient (Wildman–Crippen LogP) is 6.70. The molecule has 30 heavy (non-hydrogen) atoms. The lowest BCUT2D eigenvalue weighted by Crippen LogP contribution is -2.13. The molecule has 0 aliphatic heterocycles. The number of likely N-dealkylation sites (N-methyl/N-ethyl adjacent to an activating group) is 1. The van der Waals surface area contributed by atoms with Crippen LogP contribution >= 0.6 is 0 Å². The zero-order valence-corrected chi connectivity index (χ0v) is 18.6. The molecule has 3 aromatic carbocycles. The Bertz CT molecular complexity index is 1210. The van der Waals surface area contributed by atoms with Gasteiger partial charge in [0.15, 0.2) is 0 Å². The first-order chi connectivity index (χ1) is 14.4. The number of benzene rings is 3. The smallest absolute Gasteiger partial charge is 0.0262 e. The van der Waals surface area contributed by atoms with Gasteiger partial charge in [-0.1, -0.05) is 48.6 Å². The molecule has 2 heteroatoms. The van der Waals surface area contributed by atoms with Crippen molar-refractivity contribution in [3.8, 4) is 11.1 Å². The van der Waals surface area contributed by atoms with Gasteiger partial charge in [0.2, 0.25) is 0 Å². The van der Waals surface area contributed by atoms with Crippen molar-refractivity contribution in [1.29, 1.82) is 5.41 Å². The largest absolute Gasteiger partial charge is 0.308 e. The van der Waals surface area contributed by atoms with Gasteiger partial charge in [-0.2, -0.15) is 0 Å². The molecule has 1 aliphatic rings. The molecule has 0 bridgehead atoms. The summed E-state index contributed by atoms with van der Waals surface area (Å²) in [5.74, 6) is 0. The Morgan fingerprint density at radius 1 is 0.967 bits per heavy atom. The summed E-state index contributed by atoms with van der Waals surface area (Å²) in [5, 5.41) is 10.6. The maximum absolute atomic E-state index is 8.31. The van der Waals surface area contributed by atoms with Crippen LogP contribution in [0.3, 0.4) is 0 Å². The van der Waals surface area contributed by atoms with E-state index in [0.29, 0.717) is 0 Å². The van der Waals surface area contributed by atoms with Crippen molar-refractivity contribution >= 4 is 22.6 Å². The van der Waals surface area contributed by atoms with Crippen LogP contribution in [-0.2, 0) is 0 Å². The summed E-state index contributed by atoms with van der Waals surface area (Å²) in [5.41, 5.74) is 11.4. The van der Waals surface area contributed by atoms with E-state index in [1.54, 1.807) is 6.21 Å². The molecule has 2 nitrogen and oxygen atoms in total. The molecule has 0 aromatic heterocycles. The van der Waals surface area contributed by atoms with E-state index in [1.165, 1.54) is 49.9 Å². The van der Waals surface area contributed by atoms with Crippen molar-refractivity contribution in [1.82, 2.24) is 4.90 Å². The minimum atomic E-state index is 0.916. The van der Waals surface area contributed by atoms with Gasteiger partial charge in [-0.15, -0.1) is 0 Å². The molecule has 0 amide bonds.